The van der Waals surface area contributed by atoms with Gasteiger partial charge in [-0.15, -0.1) is 0 Å². The number of carbonyl (C=O) groups excluding carboxylic acids is 3. The maximum atomic E-state index is 12.6. The highest BCUT2D eigenvalue weighted by molar-refractivity contribution is 6.22. The predicted molar refractivity (Wildman–Crippen MR) is 98.8 cm³/mol. The highest BCUT2D eigenvalue weighted by Crippen LogP contribution is 2.40. The van der Waals surface area contributed by atoms with Gasteiger partial charge in [-0.1, -0.05) is 31.0 Å². The van der Waals surface area contributed by atoms with E-state index in [4.69, 9.17) is 0 Å². The van der Waals surface area contributed by atoms with Crippen molar-refractivity contribution in [3.8, 4) is 0 Å². The van der Waals surface area contributed by atoms with Crippen LogP contribution in [-0.4, -0.2) is 17.7 Å². The molecule has 0 spiro atoms. The van der Waals surface area contributed by atoms with Crippen LogP contribution in [0.2, 0.25) is 0 Å². The predicted octanol–water partition coefficient (Wildman–Crippen LogP) is 3.62. The second kappa shape index (κ2) is 6.75. The minimum atomic E-state index is -0.197. The Bertz CT molecular complexity index is 821. The average Bonchev–Trinajstić information content (AvgIpc) is 2.94. The van der Waals surface area contributed by atoms with E-state index in [1.54, 1.807) is 36.4 Å². The van der Waals surface area contributed by atoms with E-state index >= 15 is 0 Å². The van der Waals surface area contributed by atoms with Crippen LogP contribution in [0, 0.1) is 11.8 Å². The summed E-state index contributed by atoms with van der Waals surface area (Å²) in [6.07, 6.45) is 3.63. The van der Waals surface area contributed by atoms with Gasteiger partial charge in [0.2, 0.25) is 11.8 Å². The van der Waals surface area contributed by atoms with Crippen molar-refractivity contribution >= 4 is 29.1 Å². The lowest BCUT2D eigenvalue weighted by atomic mass is 9.81. The standard InChI is InChI=1S/C21H20N2O3/c24-19(14-6-2-1-3-7-14)22-15-10-12-16(13-11-15)23-20(25)17-8-4-5-9-18(17)21(23)26/h1-3,6-7,10-13,17-18H,4-5,8-9H2,(H,22,24)/t17-,18+. The third-order valence-electron chi connectivity index (χ3n) is 5.26. The molecule has 2 fully saturated rings. The average molecular weight is 348 g/mol. The van der Waals surface area contributed by atoms with Gasteiger partial charge in [0.1, 0.15) is 0 Å². The molecule has 2 aromatic carbocycles. The van der Waals surface area contributed by atoms with Crippen molar-refractivity contribution in [1.82, 2.24) is 0 Å². The molecule has 1 N–H and O–H groups in total. The SMILES string of the molecule is O=C(Nc1ccc(N2C(=O)[C@H]3CCCC[C@H]3C2=O)cc1)c1ccccc1. The summed E-state index contributed by atoms with van der Waals surface area (Å²) >= 11 is 0. The lowest BCUT2D eigenvalue weighted by Crippen LogP contribution is -2.30. The van der Waals surface area contributed by atoms with Crippen LogP contribution < -0.4 is 10.2 Å². The highest BCUT2D eigenvalue weighted by atomic mass is 16.2. The van der Waals surface area contributed by atoms with Crippen LogP contribution in [0.4, 0.5) is 11.4 Å². The number of carbonyl (C=O) groups is 3. The van der Waals surface area contributed by atoms with Crippen LogP contribution in [0.15, 0.2) is 54.6 Å². The zero-order valence-electron chi connectivity index (χ0n) is 14.4. The second-order valence-corrected chi connectivity index (χ2v) is 6.88. The third-order valence-corrected chi connectivity index (χ3v) is 5.26. The molecule has 132 valence electrons. The van der Waals surface area contributed by atoms with Crippen LogP contribution in [0.25, 0.3) is 0 Å². The summed E-state index contributed by atoms with van der Waals surface area (Å²) in [6, 6.07) is 15.8. The summed E-state index contributed by atoms with van der Waals surface area (Å²) < 4.78 is 0. The maximum absolute atomic E-state index is 12.6. The molecular weight excluding hydrogens is 328 g/mol. The van der Waals surface area contributed by atoms with Crippen LogP contribution >= 0.6 is 0 Å². The van der Waals surface area contributed by atoms with Crippen LogP contribution in [0.3, 0.4) is 0 Å². The number of benzene rings is 2. The molecule has 5 heteroatoms. The lowest BCUT2D eigenvalue weighted by Gasteiger charge is -2.19. The van der Waals surface area contributed by atoms with E-state index in [2.05, 4.69) is 5.32 Å². The summed E-state index contributed by atoms with van der Waals surface area (Å²) in [7, 11) is 0. The Morgan fingerprint density at radius 2 is 1.42 bits per heavy atom. The number of nitrogens with zero attached hydrogens (tertiary/aromatic N) is 1. The van der Waals surface area contributed by atoms with E-state index in [1.807, 2.05) is 18.2 Å². The summed E-state index contributed by atoms with van der Waals surface area (Å²) in [5, 5.41) is 2.82. The Kier molecular flexibility index (Phi) is 4.29. The molecule has 1 saturated heterocycles. The van der Waals surface area contributed by atoms with Crippen molar-refractivity contribution < 1.29 is 14.4 Å². The van der Waals surface area contributed by atoms with Gasteiger partial charge in [-0.2, -0.15) is 0 Å². The number of amides is 3. The molecule has 1 saturated carbocycles. The molecule has 0 aromatic heterocycles. The second-order valence-electron chi connectivity index (χ2n) is 6.88. The fourth-order valence-corrected chi connectivity index (χ4v) is 3.90. The Hall–Kier alpha value is -2.95. The quantitative estimate of drug-likeness (QED) is 0.862. The van der Waals surface area contributed by atoms with Gasteiger partial charge in [-0.3, -0.25) is 19.3 Å². The molecule has 5 nitrogen and oxygen atoms in total. The summed E-state index contributed by atoms with van der Waals surface area (Å²) in [5.74, 6) is -0.679. The number of rotatable bonds is 3. The molecule has 26 heavy (non-hydrogen) atoms. The van der Waals surface area contributed by atoms with Crippen LogP contribution in [0.5, 0.6) is 0 Å². The fraction of sp³-hybridized carbons (Fsp3) is 0.286. The lowest BCUT2D eigenvalue weighted by molar-refractivity contribution is -0.122. The normalized spacial score (nSPS) is 22.2. The molecule has 2 aliphatic rings. The van der Waals surface area contributed by atoms with Gasteiger partial charge < -0.3 is 5.32 Å². The van der Waals surface area contributed by atoms with Crippen molar-refractivity contribution in [2.45, 2.75) is 25.7 Å². The molecule has 3 amide bonds. The first-order valence-corrected chi connectivity index (χ1v) is 8.99. The van der Waals surface area contributed by atoms with Gasteiger partial charge in [-0.25, -0.2) is 0 Å². The summed E-state index contributed by atoms with van der Waals surface area (Å²) in [4.78, 5) is 38.8. The first-order valence-electron chi connectivity index (χ1n) is 8.99. The molecule has 2 atom stereocenters. The zero-order chi connectivity index (χ0) is 18.1. The van der Waals surface area contributed by atoms with Gasteiger partial charge in [0.15, 0.2) is 0 Å². The fourth-order valence-electron chi connectivity index (χ4n) is 3.90. The largest absolute Gasteiger partial charge is 0.322 e. The van der Waals surface area contributed by atoms with Crippen molar-refractivity contribution in [3.63, 3.8) is 0 Å². The molecule has 1 aliphatic carbocycles. The Labute approximate surface area is 152 Å². The first-order chi connectivity index (χ1) is 12.6. The number of nitrogens with one attached hydrogen (secondary N) is 1. The molecule has 4 rings (SSSR count). The number of hydrogen-bond donors (Lipinski definition) is 1. The number of hydrogen-bond acceptors (Lipinski definition) is 3. The summed E-state index contributed by atoms with van der Waals surface area (Å²) in [6.45, 7) is 0. The molecule has 0 unspecified atom stereocenters. The van der Waals surface area contributed by atoms with Crippen molar-refractivity contribution in [2.24, 2.45) is 11.8 Å². The van der Waals surface area contributed by atoms with E-state index in [9.17, 15) is 14.4 Å². The van der Waals surface area contributed by atoms with E-state index in [0.29, 0.717) is 16.9 Å². The molecule has 1 heterocycles. The van der Waals surface area contributed by atoms with Gasteiger partial charge in [0, 0.05) is 11.3 Å². The Morgan fingerprint density at radius 3 is 2.00 bits per heavy atom. The molecule has 0 radical (unpaired) electrons. The van der Waals surface area contributed by atoms with E-state index in [1.165, 1.54) is 4.90 Å². The van der Waals surface area contributed by atoms with E-state index in [0.717, 1.165) is 25.7 Å². The highest BCUT2D eigenvalue weighted by Gasteiger charge is 2.48. The number of imide groups is 1. The Balaban J connectivity index is 1.50. The van der Waals surface area contributed by atoms with E-state index < -0.39 is 0 Å². The van der Waals surface area contributed by atoms with Crippen molar-refractivity contribution in [1.29, 1.82) is 0 Å². The third kappa shape index (κ3) is 2.90. The molecule has 2 aromatic rings. The van der Waals surface area contributed by atoms with Gasteiger partial charge in [-0.05, 0) is 49.2 Å². The van der Waals surface area contributed by atoms with Crippen LogP contribution in [-0.2, 0) is 9.59 Å². The molecule has 1 aliphatic heterocycles. The molecule has 0 bridgehead atoms. The monoisotopic (exact) mass is 348 g/mol. The first kappa shape index (κ1) is 16.5. The molecular formula is C21H20N2O3. The minimum absolute atomic E-state index is 0.0826. The maximum Gasteiger partial charge on any atom is 0.255 e. The minimum Gasteiger partial charge on any atom is -0.322 e. The zero-order valence-corrected chi connectivity index (χ0v) is 14.4. The van der Waals surface area contributed by atoms with Gasteiger partial charge in [0.05, 0.1) is 17.5 Å². The summed E-state index contributed by atoms with van der Waals surface area (Å²) in [5.41, 5.74) is 1.77. The van der Waals surface area contributed by atoms with E-state index in [-0.39, 0.29) is 29.6 Å². The Morgan fingerprint density at radius 1 is 0.846 bits per heavy atom. The topological polar surface area (TPSA) is 66.5 Å². The van der Waals surface area contributed by atoms with Gasteiger partial charge >= 0.3 is 0 Å². The van der Waals surface area contributed by atoms with Crippen molar-refractivity contribution in [2.75, 3.05) is 10.2 Å². The van der Waals surface area contributed by atoms with Gasteiger partial charge in [0.25, 0.3) is 5.91 Å². The smallest absolute Gasteiger partial charge is 0.255 e. The van der Waals surface area contributed by atoms with Crippen molar-refractivity contribution in [3.05, 3.63) is 60.2 Å². The number of anilines is 2. The number of fused-ring (bicyclic) bond motifs is 1. The van der Waals surface area contributed by atoms with Crippen LogP contribution in [0.1, 0.15) is 36.0 Å².